The number of aryl methyl sites for hydroxylation is 2. The average Bonchev–Trinajstić information content (AvgIpc) is 3.19. The second-order valence-corrected chi connectivity index (χ2v) is 9.22. The van der Waals surface area contributed by atoms with Crippen molar-refractivity contribution in [3.05, 3.63) is 53.9 Å². The van der Waals surface area contributed by atoms with Crippen molar-refractivity contribution in [2.75, 3.05) is 18.0 Å². The highest BCUT2D eigenvalue weighted by Gasteiger charge is 2.17. The largest absolute Gasteiger partial charge is 0.449 e. The van der Waals surface area contributed by atoms with E-state index in [-0.39, 0.29) is 11.4 Å². The first-order valence-corrected chi connectivity index (χ1v) is 11.5. The van der Waals surface area contributed by atoms with Crippen LogP contribution in [-0.4, -0.2) is 36.5 Å². The lowest BCUT2D eigenvalue weighted by atomic mass is 10.1. The molecule has 9 heteroatoms. The molecule has 0 bridgehead atoms. The molecule has 0 radical (unpaired) electrons. The summed E-state index contributed by atoms with van der Waals surface area (Å²) < 4.78 is 33.3. The van der Waals surface area contributed by atoms with Crippen LogP contribution in [0.1, 0.15) is 36.5 Å². The first-order chi connectivity index (χ1) is 14.4. The average molecular weight is 428 g/mol. The van der Waals surface area contributed by atoms with E-state index in [1.165, 1.54) is 6.42 Å². The zero-order chi connectivity index (χ0) is 21.1. The third kappa shape index (κ3) is 4.68. The molecule has 2 aromatic heterocycles. The lowest BCUT2D eigenvalue weighted by molar-refractivity contribution is 0.521. The number of aromatic nitrogens is 3. The Morgan fingerprint density at radius 3 is 2.43 bits per heavy atom. The molecule has 0 saturated carbocycles. The van der Waals surface area contributed by atoms with Gasteiger partial charge in [-0.3, -0.25) is 0 Å². The second kappa shape index (κ2) is 8.53. The Morgan fingerprint density at radius 2 is 1.77 bits per heavy atom. The third-order valence-electron chi connectivity index (χ3n) is 5.06. The second-order valence-electron chi connectivity index (χ2n) is 7.45. The van der Waals surface area contributed by atoms with E-state index in [0.717, 1.165) is 37.2 Å². The van der Waals surface area contributed by atoms with Gasteiger partial charge in [-0.15, -0.1) is 0 Å². The highest BCUT2D eigenvalue weighted by atomic mass is 32.2. The van der Waals surface area contributed by atoms with E-state index >= 15 is 0 Å². The smallest absolute Gasteiger partial charge is 0.240 e. The molecule has 0 amide bonds. The van der Waals surface area contributed by atoms with Crippen LogP contribution in [0.4, 0.5) is 5.95 Å². The fourth-order valence-corrected chi connectivity index (χ4v) is 4.49. The molecule has 3 heterocycles. The van der Waals surface area contributed by atoms with Crippen molar-refractivity contribution in [3.8, 4) is 11.3 Å². The minimum Gasteiger partial charge on any atom is -0.449 e. The Labute approximate surface area is 176 Å². The van der Waals surface area contributed by atoms with E-state index in [4.69, 9.17) is 4.42 Å². The van der Waals surface area contributed by atoms with Gasteiger partial charge in [-0.1, -0.05) is 12.1 Å². The fourth-order valence-electron chi connectivity index (χ4n) is 3.50. The number of rotatable bonds is 6. The van der Waals surface area contributed by atoms with E-state index < -0.39 is 10.0 Å². The zero-order valence-electron chi connectivity index (χ0n) is 17.1. The van der Waals surface area contributed by atoms with Crippen LogP contribution in [0.2, 0.25) is 0 Å². The monoisotopic (exact) mass is 427 g/mol. The molecule has 0 spiro atoms. The third-order valence-corrected chi connectivity index (χ3v) is 6.47. The summed E-state index contributed by atoms with van der Waals surface area (Å²) in [7, 11) is -3.67. The Bertz CT molecular complexity index is 1120. The van der Waals surface area contributed by atoms with Gasteiger partial charge in [0.1, 0.15) is 12.0 Å². The van der Waals surface area contributed by atoms with Crippen molar-refractivity contribution in [2.24, 2.45) is 0 Å². The van der Waals surface area contributed by atoms with Gasteiger partial charge in [0.15, 0.2) is 5.89 Å². The van der Waals surface area contributed by atoms with Crippen LogP contribution < -0.4 is 9.62 Å². The molecule has 0 atom stereocenters. The van der Waals surface area contributed by atoms with E-state index in [1.807, 2.05) is 13.0 Å². The normalized spacial score (nSPS) is 14.8. The number of nitrogens with zero attached hydrogens (tertiary/aromatic N) is 4. The molecule has 1 saturated heterocycles. The van der Waals surface area contributed by atoms with E-state index in [9.17, 15) is 8.42 Å². The number of nitrogens with one attached hydrogen (secondary N) is 1. The molecule has 0 unspecified atom stereocenters. The zero-order valence-corrected chi connectivity index (χ0v) is 17.9. The molecule has 4 rings (SSSR count). The van der Waals surface area contributed by atoms with E-state index in [0.29, 0.717) is 23.2 Å². The van der Waals surface area contributed by atoms with Crippen LogP contribution in [0, 0.1) is 13.8 Å². The van der Waals surface area contributed by atoms with Crippen molar-refractivity contribution in [3.63, 3.8) is 0 Å². The SMILES string of the molecule is Cc1cc(CNS(=O)(=O)c2ccc(-c3coc(C)n3)cc2)nc(N2CCCCC2)n1. The molecule has 0 aliphatic carbocycles. The topological polar surface area (TPSA) is 101 Å². The van der Waals surface area contributed by atoms with E-state index in [1.54, 1.807) is 37.5 Å². The Balaban J connectivity index is 1.47. The molecule has 1 N–H and O–H groups in total. The van der Waals surface area contributed by atoms with Crippen molar-refractivity contribution in [1.82, 2.24) is 19.7 Å². The fraction of sp³-hybridized carbons (Fsp3) is 0.381. The summed E-state index contributed by atoms with van der Waals surface area (Å²) in [4.78, 5) is 15.7. The number of piperidine rings is 1. The molecular formula is C21H25N5O3S. The first-order valence-electron chi connectivity index (χ1n) is 10.0. The number of anilines is 1. The standard InChI is InChI=1S/C21H25N5O3S/c1-15-12-18(25-21(23-15)26-10-4-3-5-11-26)13-22-30(27,28)19-8-6-17(7-9-19)20-14-29-16(2)24-20/h6-9,12,14,22H,3-5,10-11,13H2,1-2H3. The van der Waals surface area contributed by atoms with Gasteiger partial charge < -0.3 is 9.32 Å². The lowest BCUT2D eigenvalue weighted by Crippen LogP contribution is -2.32. The van der Waals surface area contributed by atoms with Gasteiger partial charge in [0.25, 0.3) is 0 Å². The maximum absolute atomic E-state index is 12.7. The lowest BCUT2D eigenvalue weighted by Gasteiger charge is -2.27. The van der Waals surface area contributed by atoms with Gasteiger partial charge in [0.2, 0.25) is 16.0 Å². The maximum Gasteiger partial charge on any atom is 0.240 e. The van der Waals surface area contributed by atoms with Crippen molar-refractivity contribution < 1.29 is 12.8 Å². The van der Waals surface area contributed by atoms with Crippen LogP contribution >= 0.6 is 0 Å². The number of hydrogen-bond acceptors (Lipinski definition) is 7. The molecule has 3 aromatic rings. The highest BCUT2D eigenvalue weighted by Crippen LogP contribution is 2.21. The minimum absolute atomic E-state index is 0.108. The predicted octanol–water partition coefficient (Wildman–Crippen LogP) is 3.22. The summed E-state index contributed by atoms with van der Waals surface area (Å²) in [5.41, 5.74) is 2.95. The van der Waals surface area contributed by atoms with Gasteiger partial charge in [0, 0.05) is 31.3 Å². The van der Waals surface area contributed by atoms with Gasteiger partial charge in [-0.25, -0.2) is 28.1 Å². The number of sulfonamides is 1. The van der Waals surface area contributed by atoms with E-state index in [2.05, 4.69) is 24.6 Å². The molecule has 1 aliphatic heterocycles. The van der Waals surface area contributed by atoms with Crippen LogP contribution in [-0.2, 0) is 16.6 Å². The van der Waals surface area contributed by atoms with Gasteiger partial charge >= 0.3 is 0 Å². The van der Waals surface area contributed by atoms with Gasteiger partial charge in [0.05, 0.1) is 17.1 Å². The van der Waals surface area contributed by atoms with Gasteiger partial charge in [-0.05, 0) is 44.4 Å². The molecule has 1 aliphatic rings. The summed E-state index contributed by atoms with van der Waals surface area (Å²) in [5, 5.41) is 0. The Hall–Kier alpha value is -2.78. The minimum atomic E-state index is -3.67. The summed E-state index contributed by atoms with van der Waals surface area (Å²) in [6.45, 7) is 5.64. The molecule has 1 fully saturated rings. The van der Waals surface area contributed by atoms with Crippen LogP contribution in [0.3, 0.4) is 0 Å². The maximum atomic E-state index is 12.7. The summed E-state index contributed by atoms with van der Waals surface area (Å²) >= 11 is 0. The molecular weight excluding hydrogens is 402 g/mol. The van der Waals surface area contributed by atoms with Crippen LogP contribution in [0.15, 0.2) is 45.9 Å². The van der Waals surface area contributed by atoms with Crippen molar-refractivity contribution in [1.29, 1.82) is 0 Å². The Morgan fingerprint density at radius 1 is 1.03 bits per heavy atom. The number of oxazole rings is 1. The molecule has 1 aromatic carbocycles. The molecule has 158 valence electrons. The first kappa shape index (κ1) is 20.5. The van der Waals surface area contributed by atoms with Crippen LogP contribution in [0.5, 0.6) is 0 Å². The quantitative estimate of drug-likeness (QED) is 0.644. The summed E-state index contributed by atoms with van der Waals surface area (Å²) in [5.74, 6) is 1.24. The summed E-state index contributed by atoms with van der Waals surface area (Å²) in [6.07, 6.45) is 5.03. The van der Waals surface area contributed by atoms with Gasteiger partial charge in [-0.2, -0.15) is 0 Å². The van der Waals surface area contributed by atoms with Crippen molar-refractivity contribution >= 4 is 16.0 Å². The molecule has 30 heavy (non-hydrogen) atoms. The predicted molar refractivity (Wildman–Crippen MR) is 114 cm³/mol. The summed E-state index contributed by atoms with van der Waals surface area (Å²) in [6, 6.07) is 8.37. The molecule has 8 nitrogen and oxygen atoms in total. The van der Waals surface area contributed by atoms with Crippen molar-refractivity contribution in [2.45, 2.75) is 44.6 Å². The van der Waals surface area contributed by atoms with Crippen LogP contribution in [0.25, 0.3) is 11.3 Å². The number of hydrogen-bond donors (Lipinski definition) is 1. The highest BCUT2D eigenvalue weighted by molar-refractivity contribution is 7.89. The Kier molecular flexibility index (Phi) is 5.83. The number of benzene rings is 1.